The van der Waals surface area contributed by atoms with Gasteiger partial charge in [-0.3, -0.25) is 0 Å². The van der Waals surface area contributed by atoms with Crippen molar-refractivity contribution in [3.8, 4) is 17.4 Å². The van der Waals surface area contributed by atoms with Crippen molar-refractivity contribution < 1.29 is 14.1 Å². The summed E-state index contributed by atoms with van der Waals surface area (Å²) in [6.45, 7) is 1.83. The Morgan fingerprint density at radius 2 is 2.25 bits per heavy atom. The predicted molar refractivity (Wildman–Crippen MR) is 72.6 cm³/mol. The molecule has 2 aromatic rings. The van der Waals surface area contributed by atoms with Gasteiger partial charge in [0, 0.05) is 10.6 Å². The molecule has 0 fully saturated rings. The van der Waals surface area contributed by atoms with Crippen LogP contribution in [-0.4, -0.2) is 17.7 Å². The summed E-state index contributed by atoms with van der Waals surface area (Å²) in [6.07, 6.45) is 0. The molecule has 0 N–H and O–H groups in total. The van der Waals surface area contributed by atoms with Crippen LogP contribution in [0.3, 0.4) is 0 Å². The van der Waals surface area contributed by atoms with E-state index >= 15 is 0 Å². The van der Waals surface area contributed by atoms with E-state index in [1.165, 1.54) is 6.07 Å². The normalized spacial score (nSPS) is 10.1. The van der Waals surface area contributed by atoms with Gasteiger partial charge in [-0.05, 0) is 25.1 Å². The summed E-state index contributed by atoms with van der Waals surface area (Å²) in [5.41, 5.74) is 0.235. The van der Waals surface area contributed by atoms with E-state index < -0.39 is 5.97 Å². The topological polar surface area (TPSA) is 76.1 Å². The first-order valence-corrected chi connectivity index (χ1v) is 6.36. The molecule has 0 saturated carbocycles. The summed E-state index contributed by atoms with van der Waals surface area (Å²) in [5.74, 6) is -0.610. The summed E-state index contributed by atoms with van der Waals surface area (Å²) < 4.78 is 9.86. The molecule has 0 radical (unpaired) electrons. The summed E-state index contributed by atoms with van der Waals surface area (Å²) >= 11 is 11.9. The molecule has 0 saturated heterocycles. The molecule has 0 aliphatic heterocycles. The van der Waals surface area contributed by atoms with Crippen molar-refractivity contribution >= 4 is 29.2 Å². The SMILES string of the molecule is CCOC(=O)c1noc(-c2ccc(Cl)cc2Cl)c1C#N. The predicted octanol–water partition coefficient (Wildman–Crippen LogP) is 3.70. The highest BCUT2D eigenvalue weighted by Crippen LogP contribution is 2.33. The van der Waals surface area contributed by atoms with Crippen LogP contribution in [0, 0.1) is 11.3 Å². The van der Waals surface area contributed by atoms with Crippen molar-refractivity contribution in [2.75, 3.05) is 6.61 Å². The average Bonchev–Trinajstić information content (AvgIpc) is 2.82. The summed E-state index contributed by atoms with van der Waals surface area (Å²) in [5, 5.41) is 13.5. The summed E-state index contributed by atoms with van der Waals surface area (Å²) in [6, 6.07) is 6.56. The maximum absolute atomic E-state index is 11.7. The van der Waals surface area contributed by atoms with E-state index in [2.05, 4.69) is 5.16 Å². The average molecular weight is 311 g/mol. The first kappa shape index (κ1) is 14.4. The molecule has 0 aliphatic carbocycles. The van der Waals surface area contributed by atoms with Crippen LogP contribution in [0.15, 0.2) is 22.7 Å². The molecule has 0 atom stereocenters. The number of carbonyl (C=O) groups is 1. The number of nitrogens with zero attached hydrogens (tertiary/aromatic N) is 2. The van der Waals surface area contributed by atoms with Gasteiger partial charge >= 0.3 is 5.97 Å². The molecule has 0 spiro atoms. The number of esters is 1. The van der Waals surface area contributed by atoms with Crippen molar-refractivity contribution in [2.24, 2.45) is 0 Å². The third-order valence-electron chi connectivity index (χ3n) is 2.45. The molecule has 1 aromatic heterocycles. The Morgan fingerprint density at radius 1 is 1.50 bits per heavy atom. The van der Waals surface area contributed by atoms with Crippen LogP contribution >= 0.6 is 23.2 Å². The lowest BCUT2D eigenvalue weighted by Gasteiger charge is -2.01. The second kappa shape index (κ2) is 5.95. The van der Waals surface area contributed by atoms with Crippen molar-refractivity contribution in [3.63, 3.8) is 0 Å². The highest BCUT2D eigenvalue weighted by molar-refractivity contribution is 6.36. The zero-order valence-corrected chi connectivity index (χ0v) is 11.8. The minimum absolute atomic E-state index is 0.0207. The van der Waals surface area contributed by atoms with Gasteiger partial charge in [0.25, 0.3) is 0 Å². The molecular weight excluding hydrogens is 303 g/mol. The van der Waals surface area contributed by atoms with Crippen molar-refractivity contribution in [3.05, 3.63) is 39.5 Å². The van der Waals surface area contributed by atoms with Gasteiger partial charge in [-0.2, -0.15) is 5.26 Å². The molecule has 0 amide bonds. The highest BCUT2D eigenvalue weighted by atomic mass is 35.5. The highest BCUT2D eigenvalue weighted by Gasteiger charge is 2.25. The fourth-order valence-corrected chi connectivity index (χ4v) is 2.08. The quantitative estimate of drug-likeness (QED) is 0.808. The van der Waals surface area contributed by atoms with Crippen LogP contribution in [0.1, 0.15) is 23.0 Å². The van der Waals surface area contributed by atoms with Gasteiger partial charge in [-0.15, -0.1) is 0 Å². The number of ether oxygens (including phenoxy) is 1. The fraction of sp³-hybridized carbons (Fsp3) is 0.154. The second-order valence-corrected chi connectivity index (χ2v) is 4.54. The van der Waals surface area contributed by atoms with E-state index in [4.69, 9.17) is 32.5 Å². The first-order chi connectivity index (χ1) is 9.58. The molecular formula is C13H8Cl2N2O3. The number of hydrogen-bond acceptors (Lipinski definition) is 5. The van der Waals surface area contributed by atoms with Crippen LogP contribution in [0.5, 0.6) is 0 Å². The molecule has 20 heavy (non-hydrogen) atoms. The van der Waals surface area contributed by atoms with Gasteiger partial charge < -0.3 is 9.26 Å². The largest absolute Gasteiger partial charge is 0.461 e. The van der Waals surface area contributed by atoms with Crippen LogP contribution in [0.25, 0.3) is 11.3 Å². The van der Waals surface area contributed by atoms with Gasteiger partial charge in [0.2, 0.25) is 5.69 Å². The minimum Gasteiger partial charge on any atom is -0.461 e. The molecule has 102 valence electrons. The van der Waals surface area contributed by atoms with Crippen molar-refractivity contribution in [2.45, 2.75) is 6.92 Å². The van der Waals surface area contributed by atoms with Crippen LogP contribution in [0.2, 0.25) is 10.0 Å². The first-order valence-electron chi connectivity index (χ1n) is 5.60. The number of rotatable bonds is 3. The van der Waals surface area contributed by atoms with E-state index in [0.29, 0.717) is 15.6 Å². The van der Waals surface area contributed by atoms with Gasteiger partial charge in [0.15, 0.2) is 5.76 Å². The second-order valence-electron chi connectivity index (χ2n) is 3.69. The Balaban J connectivity index is 2.54. The molecule has 0 aliphatic rings. The maximum Gasteiger partial charge on any atom is 0.361 e. The number of carbonyl (C=O) groups excluding carboxylic acids is 1. The van der Waals surface area contributed by atoms with Crippen LogP contribution in [0.4, 0.5) is 0 Å². The lowest BCUT2D eigenvalue weighted by Crippen LogP contribution is -2.06. The van der Waals surface area contributed by atoms with Crippen LogP contribution < -0.4 is 0 Å². The van der Waals surface area contributed by atoms with E-state index in [1.54, 1.807) is 19.1 Å². The van der Waals surface area contributed by atoms with Gasteiger partial charge in [0.1, 0.15) is 11.6 Å². The smallest absolute Gasteiger partial charge is 0.361 e. The molecule has 2 rings (SSSR count). The van der Waals surface area contributed by atoms with E-state index in [9.17, 15) is 10.1 Å². The van der Waals surface area contributed by atoms with Crippen LogP contribution in [-0.2, 0) is 4.74 Å². The fourth-order valence-electron chi connectivity index (χ4n) is 1.59. The summed E-state index contributed by atoms with van der Waals surface area (Å²) in [4.78, 5) is 11.7. The van der Waals surface area contributed by atoms with Crippen molar-refractivity contribution in [1.82, 2.24) is 5.16 Å². The molecule has 7 heteroatoms. The number of nitriles is 1. The third-order valence-corrected chi connectivity index (χ3v) is 3.00. The number of aromatic nitrogens is 1. The Bertz CT molecular complexity index is 704. The van der Waals surface area contributed by atoms with Gasteiger partial charge in [-0.25, -0.2) is 4.79 Å². The molecule has 1 heterocycles. The van der Waals surface area contributed by atoms with E-state index in [1.807, 2.05) is 6.07 Å². The zero-order chi connectivity index (χ0) is 14.7. The number of hydrogen-bond donors (Lipinski definition) is 0. The Kier molecular flexibility index (Phi) is 4.28. The molecule has 1 aromatic carbocycles. The summed E-state index contributed by atoms with van der Waals surface area (Å²) in [7, 11) is 0. The Morgan fingerprint density at radius 3 is 2.85 bits per heavy atom. The standard InChI is InChI=1S/C13H8Cl2N2O3/c1-2-19-13(18)11-9(6-16)12(20-17-11)8-4-3-7(14)5-10(8)15/h3-5H,2H2,1H3. The van der Waals surface area contributed by atoms with Gasteiger partial charge in [-0.1, -0.05) is 28.4 Å². The third kappa shape index (κ3) is 2.62. The maximum atomic E-state index is 11.7. The zero-order valence-electron chi connectivity index (χ0n) is 10.3. The monoisotopic (exact) mass is 310 g/mol. The molecule has 0 unspecified atom stereocenters. The molecule has 0 bridgehead atoms. The lowest BCUT2D eigenvalue weighted by atomic mass is 10.1. The van der Waals surface area contributed by atoms with Gasteiger partial charge in [0.05, 0.1) is 11.6 Å². The van der Waals surface area contributed by atoms with E-state index in [0.717, 1.165) is 0 Å². The minimum atomic E-state index is -0.718. The Hall–Kier alpha value is -2.03. The van der Waals surface area contributed by atoms with Crippen molar-refractivity contribution in [1.29, 1.82) is 5.26 Å². The molecule has 5 nitrogen and oxygen atoms in total. The number of benzene rings is 1. The van der Waals surface area contributed by atoms with E-state index in [-0.39, 0.29) is 23.6 Å². The lowest BCUT2D eigenvalue weighted by molar-refractivity contribution is 0.0514. The number of halogens is 2. The Labute approximate surface area is 124 Å².